The molecule has 3 aromatic carbocycles. The molecular weight excluding hydrogens is 454 g/mol. The van der Waals surface area contributed by atoms with Crippen molar-refractivity contribution in [3.8, 4) is 5.75 Å². The Hall–Kier alpha value is -4.13. The molecule has 7 nitrogen and oxygen atoms in total. The maximum atomic E-state index is 13.4. The Morgan fingerprint density at radius 2 is 1.36 bits per heavy atom. The maximum absolute atomic E-state index is 13.4. The zero-order valence-corrected chi connectivity index (χ0v) is 20.7. The van der Waals surface area contributed by atoms with Crippen molar-refractivity contribution in [3.63, 3.8) is 0 Å². The van der Waals surface area contributed by atoms with Crippen LogP contribution in [0.1, 0.15) is 28.4 Å². The van der Waals surface area contributed by atoms with E-state index in [1.165, 1.54) is 0 Å². The van der Waals surface area contributed by atoms with E-state index in [1.54, 1.807) is 23.8 Å². The molecule has 0 atom stereocenters. The topological polar surface area (TPSA) is 70.2 Å². The number of carbonyl (C=O) groups excluding carboxylic acids is 3. The van der Waals surface area contributed by atoms with Crippen LogP contribution < -0.4 is 9.64 Å². The second-order valence-electron chi connectivity index (χ2n) is 8.84. The van der Waals surface area contributed by atoms with Crippen LogP contribution in [0.4, 0.5) is 5.69 Å². The SMILES string of the molecule is COc1ccc(CN(C(=O)c2ccccc2)c2ccc(CC(=O)N3CCN(C(C)=O)CC3)cc2)cc1. The molecule has 0 radical (unpaired) electrons. The highest BCUT2D eigenvalue weighted by atomic mass is 16.5. The summed E-state index contributed by atoms with van der Waals surface area (Å²) in [6.45, 7) is 4.20. The molecular formula is C29H31N3O4. The molecule has 0 unspecified atom stereocenters. The molecule has 3 aromatic rings. The quantitative estimate of drug-likeness (QED) is 0.511. The number of methoxy groups -OCH3 is 1. The third kappa shape index (κ3) is 6.10. The molecule has 0 aliphatic carbocycles. The van der Waals surface area contributed by atoms with Crippen molar-refractivity contribution in [1.29, 1.82) is 0 Å². The van der Waals surface area contributed by atoms with E-state index >= 15 is 0 Å². The number of rotatable bonds is 7. The van der Waals surface area contributed by atoms with Gasteiger partial charge in [-0.2, -0.15) is 0 Å². The summed E-state index contributed by atoms with van der Waals surface area (Å²) in [5, 5.41) is 0. The number of hydrogen-bond donors (Lipinski definition) is 0. The lowest BCUT2D eigenvalue weighted by Crippen LogP contribution is -2.50. The Bertz CT molecular complexity index is 1190. The minimum atomic E-state index is -0.0985. The Morgan fingerprint density at radius 3 is 1.94 bits per heavy atom. The lowest BCUT2D eigenvalue weighted by molar-refractivity contribution is -0.138. The number of ether oxygens (including phenoxy) is 1. The van der Waals surface area contributed by atoms with Crippen LogP contribution in [-0.4, -0.2) is 60.8 Å². The summed E-state index contributed by atoms with van der Waals surface area (Å²) in [6.07, 6.45) is 0.283. The summed E-state index contributed by atoms with van der Waals surface area (Å²) < 4.78 is 5.25. The second kappa shape index (κ2) is 11.5. The summed E-state index contributed by atoms with van der Waals surface area (Å²) in [5.41, 5.74) is 3.22. The Balaban J connectivity index is 1.48. The van der Waals surface area contributed by atoms with Crippen LogP contribution >= 0.6 is 0 Å². The van der Waals surface area contributed by atoms with Crippen LogP contribution in [0, 0.1) is 0 Å². The van der Waals surface area contributed by atoms with Gasteiger partial charge in [0.2, 0.25) is 11.8 Å². The van der Waals surface area contributed by atoms with Crippen molar-refractivity contribution in [1.82, 2.24) is 9.80 Å². The van der Waals surface area contributed by atoms with E-state index < -0.39 is 0 Å². The van der Waals surface area contributed by atoms with Gasteiger partial charge >= 0.3 is 0 Å². The van der Waals surface area contributed by atoms with Gasteiger partial charge in [0.1, 0.15) is 5.75 Å². The zero-order valence-electron chi connectivity index (χ0n) is 20.7. The third-order valence-electron chi connectivity index (χ3n) is 6.45. The molecule has 1 heterocycles. The minimum Gasteiger partial charge on any atom is -0.497 e. The summed E-state index contributed by atoms with van der Waals surface area (Å²) in [4.78, 5) is 43.1. The first-order valence-corrected chi connectivity index (χ1v) is 12.1. The monoisotopic (exact) mass is 485 g/mol. The average molecular weight is 486 g/mol. The van der Waals surface area contributed by atoms with Crippen LogP contribution in [0.25, 0.3) is 0 Å². The molecule has 3 amide bonds. The molecule has 7 heteroatoms. The summed E-state index contributed by atoms with van der Waals surface area (Å²) in [5.74, 6) is 0.748. The van der Waals surface area contributed by atoms with Crippen molar-refractivity contribution in [2.24, 2.45) is 0 Å². The molecule has 1 aliphatic rings. The average Bonchev–Trinajstić information content (AvgIpc) is 2.92. The fourth-order valence-corrected chi connectivity index (χ4v) is 4.28. The molecule has 0 bridgehead atoms. The van der Waals surface area contributed by atoms with Crippen molar-refractivity contribution in [2.45, 2.75) is 19.9 Å². The summed E-state index contributed by atoms with van der Waals surface area (Å²) in [6, 6.07) is 24.4. The number of hydrogen-bond acceptors (Lipinski definition) is 4. The highest BCUT2D eigenvalue weighted by Gasteiger charge is 2.23. The lowest BCUT2D eigenvalue weighted by Gasteiger charge is -2.34. The van der Waals surface area contributed by atoms with Gasteiger partial charge in [-0.1, -0.05) is 42.5 Å². The molecule has 0 spiro atoms. The molecule has 36 heavy (non-hydrogen) atoms. The standard InChI is InChI=1S/C29H31N3O4/c1-22(33)30-16-18-31(19-17-30)28(34)20-23-8-12-26(13-9-23)32(29(35)25-6-4-3-5-7-25)21-24-10-14-27(36-2)15-11-24/h3-15H,16-21H2,1-2H3. The number of piperazine rings is 1. The second-order valence-corrected chi connectivity index (χ2v) is 8.84. The highest BCUT2D eigenvalue weighted by Crippen LogP contribution is 2.23. The van der Waals surface area contributed by atoms with Crippen LogP contribution in [0.5, 0.6) is 5.75 Å². The van der Waals surface area contributed by atoms with E-state index in [0.29, 0.717) is 38.3 Å². The fourth-order valence-electron chi connectivity index (χ4n) is 4.28. The molecule has 1 aliphatic heterocycles. The van der Waals surface area contributed by atoms with Gasteiger partial charge < -0.3 is 19.4 Å². The van der Waals surface area contributed by atoms with E-state index in [4.69, 9.17) is 4.74 Å². The van der Waals surface area contributed by atoms with E-state index in [-0.39, 0.29) is 24.1 Å². The smallest absolute Gasteiger partial charge is 0.258 e. The minimum absolute atomic E-state index is 0.0430. The van der Waals surface area contributed by atoms with Crippen LogP contribution in [0.3, 0.4) is 0 Å². The van der Waals surface area contributed by atoms with Crippen molar-refractivity contribution < 1.29 is 19.1 Å². The molecule has 186 valence electrons. The van der Waals surface area contributed by atoms with Gasteiger partial charge in [-0.25, -0.2) is 0 Å². The molecule has 1 saturated heterocycles. The fraction of sp³-hybridized carbons (Fsp3) is 0.276. The number of nitrogens with zero attached hydrogens (tertiary/aromatic N) is 3. The first-order chi connectivity index (χ1) is 17.4. The van der Waals surface area contributed by atoms with Crippen LogP contribution in [-0.2, 0) is 22.6 Å². The molecule has 0 saturated carbocycles. The normalized spacial score (nSPS) is 13.3. The largest absolute Gasteiger partial charge is 0.497 e. The predicted octanol–water partition coefficient (Wildman–Crippen LogP) is 3.78. The van der Waals surface area contributed by atoms with Gasteiger partial charge in [0, 0.05) is 44.4 Å². The summed E-state index contributed by atoms with van der Waals surface area (Å²) >= 11 is 0. The first-order valence-electron chi connectivity index (χ1n) is 12.1. The van der Waals surface area contributed by atoms with E-state index in [2.05, 4.69) is 0 Å². The van der Waals surface area contributed by atoms with E-state index in [9.17, 15) is 14.4 Å². The van der Waals surface area contributed by atoms with Gasteiger partial charge in [-0.3, -0.25) is 14.4 Å². The number of amides is 3. The number of benzene rings is 3. The van der Waals surface area contributed by atoms with E-state index in [1.807, 2.05) is 83.8 Å². The van der Waals surface area contributed by atoms with Gasteiger partial charge in [0.05, 0.1) is 20.1 Å². The highest BCUT2D eigenvalue weighted by molar-refractivity contribution is 6.06. The Morgan fingerprint density at radius 1 is 0.778 bits per heavy atom. The maximum Gasteiger partial charge on any atom is 0.258 e. The molecule has 1 fully saturated rings. The van der Waals surface area contributed by atoms with Crippen molar-refractivity contribution >= 4 is 23.4 Å². The Kier molecular flexibility index (Phi) is 8.00. The first kappa shape index (κ1) is 25.0. The van der Waals surface area contributed by atoms with Crippen LogP contribution in [0.2, 0.25) is 0 Å². The van der Waals surface area contributed by atoms with Gasteiger partial charge in [0.25, 0.3) is 5.91 Å². The molecule has 0 N–H and O–H groups in total. The molecule has 4 rings (SSSR count). The number of anilines is 1. The van der Waals surface area contributed by atoms with Crippen molar-refractivity contribution in [2.75, 3.05) is 38.2 Å². The van der Waals surface area contributed by atoms with Gasteiger partial charge in [-0.05, 0) is 47.5 Å². The summed E-state index contributed by atoms with van der Waals surface area (Å²) in [7, 11) is 1.62. The van der Waals surface area contributed by atoms with Crippen molar-refractivity contribution in [3.05, 3.63) is 95.6 Å². The van der Waals surface area contributed by atoms with E-state index in [0.717, 1.165) is 22.6 Å². The Labute approximate surface area is 211 Å². The predicted molar refractivity (Wildman–Crippen MR) is 139 cm³/mol. The third-order valence-corrected chi connectivity index (χ3v) is 6.45. The zero-order chi connectivity index (χ0) is 25.5. The lowest BCUT2D eigenvalue weighted by atomic mass is 10.1. The number of carbonyl (C=O) groups is 3. The van der Waals surface area contributed by atoms with Gasteiger partial charge in [-0.15, -0.1) is 0 Å². The van der Waals surface area contributed by atoms with Gasteiger partial charge in [0.15, 0.2) is 0 Å². The van der Waals surface area contributed by atoms with Crippen LogP contribution in [0.15, 0.2) is 78.9 Å². The molecule has 0 aromatic heterocycles.